The number of anilines is 1. The Bertz CT molecular complexity index is 1390. The molecule has 1 aromatic carbocycles. The van der Waals surface area contributed by atoms with Gasteiger partial charge in [0.25, 0.3) is 10.0 Å². The van der Waals surface area contributed by atoms with E-state index in [1.807, 2.05) is 33.8 Å². The number of imidazole rings is 1. The van der Waals surface area contributed by atoms with Gasteiger partial charge in [0.1, 0.15) is 17.9 Å². The van der Waals surface area contributed by atoms with Crippen LogP contribution in [-0.2, 0) is 17.1 Å². The van der Waals surface area contributed by atoms with Crippen LogP contribution in [-0.4, -0.2) is 37.7 Å². The number of rotatable bonds is 7. The summed E-state index contributed by atoms with van der Waals surface area (Å²) in [5.41, 5.74) is 2.23. The quantitative estimate of drug-likeness (QED) is 0.440. The third kappa shape index (κ3) is 4.87. The van der Waals surface area contributed by atoms with Crippen molar-refractivity contribution in [3.63, 3.8) is 0 Å². The molecule has 4 aromatic rings. The molecule has 0 aliphatic heterocycles. The first-order chi connectivity index (χ1) is 15.6. The summed E-state index contributed by atoms with van der Waals surface area (Å²) < 4.78 is 37.2. The summed E-state index contributed by atoms with van der Waals surface area (Å²) in [6.07, 6.45) is 2.91. The highest BCUT2D eigenvalue weighted by Gasteiger charge is 2.21. The van der Waals surface area contributed by atoms with Crippen molar-refractivity contribution >= 4 is 15.7 Å². The Hall–Kier alpha value is -3.73. The van der Waals surface area contributed by atoms with E-state index in [4.69, 9.17) is 4.74 Å². The summed E-state index contributed by atoms with van der Waals surface area (Å²) >= 11 is 0. The second-order valence-corrected chi connectivity index (χ2v) is 9.62. The minimum absolute atomic E-state index is 0.0216. The number of aromatic nitrogens is 6. The Morgan fingerprint density at radius 3 is 2.39 bits per heavy atom. The van der Waals surface area contributed by atoms with Gasteiger partial charge < -0.3 is 9.30 Å². The molecule has 3 heterocycles. The topological polar surface area (TPSA) is 117 Å². The lowest BCUT2D eigenvalue weighted by Crippen LogP contribution is -2.13. The molecule has 0 unspecified atom stereocenters. The van der Waals surface area contributed by atoms with Crippen molar-refractivity contribution < 1.29 is 13.2 Å². The molecule has 0 radical (unpaired) electrons. The van der Waals surface area contributed by atoms with Crippen LogP contribution < -0.4 is 9.46 Å². The van der Waals surface area contributed by atoms with Gasteiger partial charge in [-0.15, -0.1) is 0 Å². The molecule has 33 heavy (non-hydrogen) atoms. The molecule has 0 atom stereocenters. The molecular formula is C22H25N7O3S. The molecule has 10 nitrogen and oxygen atoms in total. The highest BCUT2D eigenvalue weighted by atomic mass is 32.2. The number of nitrogens with zero attached hydrogens (tertiary/aromatic N) is 6. The van der Waals surface area contributed by atoms with Crippen LogP contribution in [0.15, 0.2) is 53.9 Å². The Labute approximate surface area is 192 Å². The van der Waals surface area contributed by atoms with Crippen molar-refractivity contribution in [2.24, 2.45) is 7.05 Å². The van der Waals surface area contributed by atoms with Gasteiger partial charge >= 0.3 is 0 Å². The third-order valence-electron chi connectivity index (χ3n) is 4.87. The average Bonchev–Trinajstić information content (AvgIpc) is 3.31. The van der Waals surface area contributed by atoms with E-state index in [9.17, 15) is 8.42 Å². The van der Waals surface area contributed by atoms with Gasteiger partial charge in [0, 0.05) is 36.6 Å². The summed E-state index contributed by atoms with van der Waals surface area (Å²) in [5, 5.41) is 4.39. The van der Waals surface area contributed by atoms with Crippen LogP contribution in [0.3, 0.4) is 0 Å². The first-order valence-electron chi connectivity index (χ1n) is 10.3. The molecule has 0 saturated carbocycles. The summed E-state index contributed by atoms with van der Waals surface area (Å²) in [4.78, 5) is 12.7. The molecular weight excluding hydrogens is 442 g/mol. The number of sulfonamides is 1. The fourth-order valence-corrected chi connectivity index (χ4v) is 4.46. The maximum atomic E-state index is 12.7. The normalized spacial score (nSPS) is 11.7. The first-order valence-corrected chi connectivity index (χ1v) is 11.8. The Kier molecular flexibility index (Phi) is 5.90. The van der Waals surface area contributed by atoms with E-state index < -0.39 is 10.0 Å². The van der Waals surface area contributed by atoms with Gasteiger partial charge in [0.15, 0.2) is 10.8 Å². The monoisotopic (exact) mass is 467 g/mol. The van der Waals surface area contributed by atoms with Crippen LogP contribution in [0, 0.1) is 13.8 Å². The summed E-state index contributed by atoms with van der Waals surface area (Å²) in [7, 11) is -2.03. The van der Waals surface area contributed by atoms with E-state index in [-0.39, 0.29) is 10.9 Å². The van der Waals surface area contributed by atoms with Crippen molar-refractivity contribution in [1.29, 1.82) is 0 Å². The first kappa shape index (κ1) is 22.5. The van der Waals surface area contributed by atoms with Gasteiger partial charge in [0.05, 0.1) is 5.69 Å². The molecule has 0 aliphatic carbocycles. The zero-order valence-corrected chi connectivity index (χ0v) is 19.8. The highest BCUT2D eigenvalue weighted by Crippen LogP contribution is 2.24. The summed E-state index contributed by atoms with van der Waals surface area (Å²) in [6.45, 7) is 7.78. The van der Waals surface area contributed by atoms with Crippen LogP contribution in [0.4, 0.5) is 5.69 Å². The summed E-state index contributed by atoms with van der Waals surface area (Å²) in [6, 6.07) is 10.2. The molecule has 0 fully saturated rings. The van der Waals surface area contributed by atoms with E-state index in [2.05, 4.69) is 24.8 Å². The molecule has 172 valence electrons. The van der Waals surface area contributed by atoms with E-state index in [1.54, 1.807) is 46.6 Å². The lowest BCUT2D eigenvalue weighted by atomic mass is 10.2. The van der Waals surface area contributed by atoms with Crippen LogP contribution >= 0.6 is 0 Å². The Morgan fingerprint density at radius 1 is 1.06 bits per heavy atom. The molecule has 11 heteroatoms. The maximum absolute atomic E-state index is 12.7. The number of nitrogens with one attached hydrogen (secondary N) is 1. The van der Waals surface area contributed by atoms with Gasteiger partial charge in [-0.25, -0.2) is 19.6 Å². The van der Waals surface area contributed by atoms with E-state index in [0.29, 0.717) is 29.0 Å². The molecule has 3 aromatic heterocycles. The molecule has 0 amide bonds. The van der Waals surface area contributed by atoms with Gasteiger partial charge in [-0.3, -0.25) is 4.72 Å². The molecule has 1 N–H and O–H groups in total. The second-order valence-electron chi connectivity index (χ2n) is 7.99. The number of hydrogen-bond donors (Lipinski definition) is 1. The number of ether oxygens (including phenoxy) is 1. The van der Waals surface area contributed by atoms with E-state index in [0.717, 1.165) is 11.4 Å². The fourth-order valence-electron chi connectivity index (χ4n) is 3.40. The highest BCUT2D eigenvalue weighted by molar-refractivity contribution is 7.92. The standard InChI is InChI=1S/C22H25N7O3S/c1-14(2)22-25-21(12-28(22)5)33(30,31)27-17-6-8-18(9-7-17)32-20-11-19(23-13-24-20)29-16(4)10-15(3)26-29/h6-14,27H,1-5H3. The third-order valence-corrected chi connectivity index (χ3v) is 6.12. The minimum Gasteiger partial charge on any atom is -0.439 e. The van der Waals surface area contributed by atoms with Crippen LogP contribution in [0.25, 0.3) is 5.82 Å². The lowest BCUT2D eigenvalue weighted by molar-refractivity contribution is 0.460. The van der Waals surface area contributed by atoms with Gasteiger partial charge in [0.2, 0.25) is 5.88 Å². The van der Waals surface area contributed by atoms with Crippen molar-refractivity contribution in [1.82, 2.24) is 29.3 Å². The molecule has 0 aliphatic rings. The van der Waals surface area contributed by atoms with E-state index >= 15 is 0 Å². The maximum Gasteiger partial charge on any atom is 0.280 e. The second kappa shape index (κ2) is 8.66. The van der Waals surface area contributed by atoms with Crippen molar-refractivity contribution in [3.8, 4) is 17.4 Å². The number of aryl methyl sites for hydroxylation is 3. The molecule has 0 saturated heterocycles. The smallest absolute Gasteiger partial charge is 0.280 e. The molecule has 0 spiro atoms. The fraction of sp³-hybridized carbons (Fsp3) is 0.273. The lowest BCUT2D eigenvalue weighted by Gasteiger charge is -2.09. The number of hydrogen-bond acceptors (Lipinski definition) is 7. The average molecular weight is 468 g/mol. The predicted octanol–water partition coefficient (Wildman–Crippen LogP) is 3.73. The Balaban J connectivity index is 1.48. The Morgan fingerprint density at radius 2 is 1.79 bits per heavy atom. The minimum atomic E-state index is -3.81. The van der Waals surface area contributed by atoms with Gasteiger partial charge in [-0.05, 0) is 44.2 Å². The van der Waals surface area contributed by atoms with Crippen LogP contribution in [0.1, 0.15) is 37.0 Å². The molecule has 0 bridgehead atoms. The van der Waals surface area contributed by atoms with Crippen molar-refractivity contribution in [2.75, 3.05) is 4.72 Å². The zero-order valence-electron chi connectivity index (χ0n) is 19.0. The number of benzene rings is 1. The summed E-state index contributed by atoms with van der Waals surface area (Å²) in [5.74, 6) is 2.24. The zero-order chi connectivity index (χ0) is 23.8. The van der Waals surface area contributed by atoms with E-state index in [1.165, 1.54) is 12.5 Å². The van der Waals surface area contributed by atoms with Crippen molar-refractivity contribution in [2.45, 2.75) is 38.6 Å². The van der Waals surface area contributed by atoms with Gasteiger partial charge in [-0.1, -0.05) is 13.8 Å². The van der Waals surface area contributed by atoms with Crippen LogP contribution in [0.5, 0.6) is 11.6 Å². The SMILES string of the molecule is Cc1cc(C)n(-c2cc(Oc3ccc(NS(=O)(=O)c4cn(C)c(C(C)C)n4)cc3)ncn2)n1. The van der Waals surface area contributed by atoms with Crippen molar-refractivity contribution in [3.05, 3.63) is 66.1 Å². The largest absolute Gasteiger partial charge is 0.439 e. The predicted molar refractivity (Wildman–Crippen MR) is 123 cm³/mol. The van der Waals surface area contributed by atoms with Gasteiger partial charge in [-0.2, -0.15) is 13.5 Å². The molecule has 4 rings (SSSR count). The van der Waals surface area contributed by atoms with Crippen LogP contribution in [0.2, 0.25) is 0 Å².